The summed E-state index contributed by atoms with van der Waals surface area (Å²) in [6, 6.07) is 3.74. The second kappa shape index (κ2) is 5.40. The zero-order valence-corrected chi connectivity index (χ0v) is 11.9. The smallest absolute Gasteiger partial charge is 0.329 e. The van der Waals surface area contributed by atoms with Gasteiger partial charge < -0.3 is 5.73 Å². The van der Waals surface area contributed by atoms with E-state index < -0.39 is 11.7 Å². The summed E-state index contributed by atoms with van der Waals surface area (Å²) in [5.41, 5.74) is 6.77. The van der Waals surface area contributed by atoms with Crippen LogP contribution in [0.4, 0.5) is 13.2 Å². The molecule has 0 bridgehead atoms. The van der Waals surface area contributed by atoms with Crippen molar-refractivity contribution >= 4 is 11.3 Å². The third-order valence-electron chi connectivity index (χ3n) is 3.69. The minimum absolute atomic E-state index is 0.189. The van der Waals surface area contributed by atoms with Gasteiger partial charge in [-0.3, -0.25) is 4.90 Å². The van der Waals surface area contributed by atoms with Gasteiger partial charge in [-0.1, -0.05) is 6.07 Å². The van der Waals surface area contributed by atoms with Crippen LogP contribution in [0.25, 0.3) is 0 Å². The fourth-order valence-electron chi connectivity index (χ4n) is 2.70. The molecule has 0 aliphatic carbocycles. The average Bonchev–Trinajstić information content (AvgIpc) is 3.04. The molecule has 1 atom stereocenters. The van der Waals surface area contributed by atoms with Crippen LogP contribution in [-0.4, -0.2) is 16.4 Å². The topological polar surface area (TPSA) is 42.1 Å². The van der Waals surface area contributed by atoms with Crippen LogP contribution in [0.3, 0.4) is 0 Å². The summed E-state index contributed by atoms with van der Waals surface area (Å²) in [5, 5.41) is 2.83. The SMILES string of the molecule is NCC1c2cc(C(F)(F)F)ccc2CN1Cc1nccs1. The molecule has 2 heterocycles. The molecule has 0 fully saturated rings. The van der Waals surface area contributed by atoms with Crippen molar-refractivity contribution in [2.24, 2.45) is 5.73 Å². The van der Waals surface area contributed by atoms with E-state index in [4.69, 9.17) is 5.73 Å². The maximum Gasteiger partial charge on any atom is 0.416 e. The van der Waals surface area contributed by atoms with Gasteiger partial charge in [0, 0.05) is 30.7 Å². The van der Waals surface area contributed by atoms with Crippen LogP contribution >= 0.6 is 11.3 Å². The van der Waals surface area contributed by atoms with Crippen molar-refractivity contribution in [2.45, 2.75) is 25.3 Å². The summed E-state index contributed by atoms with van der Waals surface area (Å²) in [7, 11) is 0. The lowest BCUT2D eigenvalue weighted by Gasteiger charge is -2.22. The van der Waals surface area contributed by atoms with E-state index in [9.17, 15) is 13.2 Å². The highest BCUT2D eigenvalue weighted by Crippen LogP contribution is 2.38. The summed E-state index contributed by atoms with van der Waals surface area (Å²) < 4.78 is 38.5. The summed E-state index contributed by atoms with van der Waals surface area (Å²) >= 11 is 1.53. The number of fused-ring (bicyclic) bond motifs is 1. The number of hydrogen-bond acceptors (Lipinski definition) is 4. The molecule has 2 aromatic rings. The van der Waals surface area contributed by atoms with Gasteiger partial charge in [0.25, 0.3) is 0 Å². The average molecular weight is 313 g/mol. The first-order chi connectivity index (χ1) is 9.99. The molecule has 0 amide bonds. The summed E-state index contributed by atoms with van der Waals surface area (Å²) in [6.07, 6.45) is -2.60. The Balaban J connectivity index is 1.89. The van der Waals surface area contributed by atoms with Crippen molar-refractivity contribution in [3.8, 4) is 0 Å². The number of rotatable bonds is 3. The minimum atomic E-state index is -4.32. The molecule has 1 aliphatic rings. The summed E-state index contributed by atoms with van der Waals surface area (Å²) in [4.78, 5) is 6.30. The summed E-state index contributed by atoms with van der Waals surface area (Å²) in [5.74, 6) is 0. The first kappa shape index (κ1) is 14.5. The number of aromatic nitrogens is 1. The third kappa shape index (κ3) is 2.81. The van der Waals surface area contributed by atoms with Gasteiger partial charge >= 0.3 is 6.18 Å². The lowest BCUT2D eigenvalue weighted by Crippen LogP contribution is -2.27. The maximum absolute atomic E-state index is 12.8. The minimum Gasteiger partial charge on any atom is -0.329 e. The van der Waals surface area contributed by atoms with Gasteiger partial charge in [0.05, 0.1) is 12.1 Å². The second-order valence-corrected chi connectivity index (χ2v) is 5.97. The van der Waals surface area contributed by atoms with E-state index in [2.05, 4.69) is 9.88 Å². The molecule has 1 aliphatic heterocycles. The molecule has 1 aromatic heterocycles. The molecule has 1 unspecified atom stereocenters. The standard InChI is InChI=1S/C14H14F3N3S/c15-14(16,17)10-2-1-9-7-20(8-13-19-3-4-21-13)12(6-18)11(9)5-10/h1-5,12H,6-8,18H2. The summed E-state index contributed by atoms with van der Waals surface area (Å²) in [6.45, 7) is 1.50. The van der Waals surface area contributed by atoms with Gasteiger partial charge in [0.2, 0.25) is 0 Å². The molecule has 1 aromatic carbocycles. The second-order valence-electron chi connectivity index (χ2n) is 4.99. The van der Waals surface area contributed by atoms with Crippen LogP contribution in [0.15, 0.2) is 29.8 Å². The molecule has 7 heteroatoms. The van der Waals surface area contributed by atoms with E-state index in [1.807, 2.05) is 5.38 Å². The number of nitrogens with two attached hydrogens (primary N) is 1. The quantitative estimate of drug-likeness (QED) is 0.946. The number of benzene rings is 1. The number of thiazole rings is 1. The molecule has 0 saturated carbocycles. The number of hydrogen-bond donors (Lipinski definition) is 1. The van der Waals surface area contributed by atoms with Crippen LogP contribution in [-0.2, 0) is 19.3 Å². The molecule has 0 saturated heterocycles. The first-order valence-corrected chi connectivity index (χ1v) is 7.39. The third-order valence-corrected chi connectivity index (χ3v) is 4.46. The van der Waals surface area contributed by atoms with Crippen molar-refractivity contribution in [3.63, 3.8) is 0 Å². The molecular formula is C14H14F3N3S. The van der Waals surface area contributed by atoms with E-state index in [-0.39, 0.29) is 6.04 Å². The van der Waals surface area contributed by atoms with Gasteiger partial charge in [0.1, 0.15) is 5.01 Å². The predicted octanol–water partition coefficient (Wildman–Crippen LogP) is 3.18. The van der Waals surface area contributed by atoms with Crippen molar-refractivity contribution in [2.75, 3.05) is 6.54 Å². The Labute approximate surface area is 124 Å². The molecule has 3 nitrogen and oxygen atoms in total. The van der Waals surface area contributed by atoms with Gasteiger partial charge in [-0.05, 0) is 23.3 Å². The first-order valence-electron chi connectivity index (χ1n) is 6.51. The Bertz CT molecular complexity index is 625. The van der Waals surface area contributed by atoms with Gasteiger partial charge in [-0.2, -0.15) is 13.2 Å². The van der Waals surface area contributed by atoms with Crippen LogP contribution in [0.1, 0.15) is 27.7 Å². The molecule has 0 radical (unpaired) electrons. The highest BCUT2D eigenvalue weighted by Gasteiger charge is 2.35. The predicted molar refractivity (Wildman–Crippen MR) is 74.6 cm³/mol. The van der Waals surface area contributed by atoms with Crippen molar-refractivity contribution in [3.05, 3.63) is 51.5 Å². The fraction of sp³-hybridized carbons (Fsp3) is 0.357. The normalized spacial score (nSPS) is 19.0. The highest BCUT2D eigenvalue weighted by atomic mass is 32.1. The Morgan fingerprint density at radius 1 is 1.38 bits per heavy atom. The Morgan fingerprint density at radius 3 is 2.81 bits per heavy atom. The van der Waals surface area contributed by atoms with Gasteiger partial charge in [-0.15, -0.1) is 11.3 Å². The zero-order valence-electron chi connectivity index (χ0n) is 11.1. The molecule has 2 N–H and O–H groups in total. The molecule has 21 heavy (non-hydrogen) atoms. The lowest BCUT2D eigenvalue weighted by molar-refractivity contribution is -0.137. The van der Waals surface area contributed by atoms with E-state index in [0.29, 0.717) is 25.2 Å². The largest absolute Gasteiger partial charge is 0.416 e. The van der Waals surface area contributed by atoms with E-state index >= 15 is 0 Å². The Morgan fingerprint density at radius 2 is 2.19 bits per heavy atom. The maximum atomic E-state index is 12.8. The Hall–Kier alpha value is -1.44. The molecule has 112 valence electrons. The Kier molecular flexibility index (Phi) is 3.73. The van der Waals surface area contributed by atoms with E-state index in [1.165, 1.54) is 17.4 Å². The molecule has 3 rings (SSSR count). The van der Waals surface area contributed by atoms with E-state index in [0.717, 1.165) is 16.6 Å². The van der Waals surface area contributed by atoms with Crippen LogP contribution in [0.5, 0.6) is 0 Å². The van der Waals surface area contributed by atoms with Crippen molar-refractivity contribution < 1.29 is 13.2 Å². The van der Waals surface area contributed by atoms with Crippen LogP contribution in [0.2, 0.25) is 0 Å². The van der Waals surface area contributed by atoms with Gasteiger partial charge in [0.15, 0.2) is 0 Å². The molecular weight excluding hydrogens is 299 g/mol. The lowest BCUT2D eigenvalue weighted by atomic mass is 10.0. The van der Waals surface area contributed by atoms with Crippen molar-refractivity contribution in [1.29, 1.82) is 0 Å². The van der Waals surface area contributed by atoms with Crippen molar-refractivity contribution in [1.82, 2.24) is 9.88 Å². The number of halogens is 3. The highest BCUT2D eigenvalue weighted by molar-refractivity contribution is 7.09. The van der Waals surface area contributed by atoms with Crippen LogP contribution in [0, 0.1) is 0 Å². The number of nitrogens with zero attached hydrogens (tertiary/aromatic N) is 2. The number of alkyl halides is 3. The monoisotopic (exact) mass is 313 g/mol. The molecule has 0 spiro atoms. The fourth-order valence-corrected chi connectivity index (χ4v) is 3.34. The van der Waals surface area contributed by atoms with Gasteiger partial charge in [-0.25, -0.2) is 4.98 Å². The van der Waals surface area contributed by atoms with E-state index in [1.54, 1.807) is 12.3 Å². The van der Waals surface area contributed by atoms with Crippen LogP contribution < -0.4 is 5.73 Å². The zero-order chi connectivity index (χ0) is 15.0.